The van der Waals surface area contributed by atoms with Crippen LogP contribution >= 0.6 is 0 Å². The number of nitrogens with zero attached hydrogens (tertiary/aromatic N) is 3. The number of aromatic nitrogens is 2. The Balaban J connectivity index is 2.33. The van der Waals surface area contributed by atoms with Crippen LogP contribution in [-0.2, 0) is 0 Å². The number of nitrogen functional groups attached to an aromatic ring is 1. The zero-order valence-corrected chi connectivity index (χ0v) is 8.92. The lowest BCUT2D eigenvalue weighted by Crippen LogP contribution is -2.28. The summed E-state index contributed by atoms with van der Waals surface area (Å²) in [6.07, 6.45) is 0. The second-order valence-corrected chi connectivity index (χ2v) is 3.31. The van der Waals surface area contributed by atoms with Crippen molar-refractivity contribution < 1.29 is 13.8 Å². The molecule has 0 aliphatic heterocycles. The van der Waals surface area contributed by atoms with E-state index in [1.54, 1.807) is 6.07 Å². The molecule has 1 aromatic heterocycles. The van der Waals surface area contributed by atoms with Gasteiger partial charge in [0.15, 0.2) is 0 Å². The Kier molecular flexibility index (Phi) is 2.73. The summed E-state index contributed by atoms with van der Waals surface area (Å²) in [6, 6.07) is 5.87. The molecule has 2 aromatic rings. The molecule has 2 N–H and O–H groups in total. The lowest BCUT2D eigenvalue weighted by molar-refractivity contribution is 0.0983. The maximum atomic E-state index is 13.5. The third kappa shape index (κ3) is 1.94. The average molecular weight is 236 g/mol. The molecule has 7 heteroatoms. The maximum absolute atomic E-state index is 13.5. The summed E-state index contributed by atoms with van der Waals surface area (Å²) in [5.41, 5.74) is 5.37. The summed E-state index contributed by atoms with van der Waals surface area (Å²) in [6.45, 7) is 0. The minimum atomic E-state index is -0.589. The number of hydrogen-bond donors (Lipinski definition) is 1. The van der Waals surface area contributed by atoms with Crippen molar-refractivity contribution in [2.24, 2.45) is 0 Å². The molecule has 0 unspecified atom stereocenters. The standard InChI is InChI=1S/C10H9FN4O2/c1-15(7-5-3-2-4-6(7)11)10(16)8-9(12)14-17-13-8/h2-5H,1H3,(H2,12,14). The molecule has 0 saturated heterocycles. The van der Waals surface area contributed by atoms with E-state index >= 15 is 0 Å². The van der Waals surface area contributed by atoms with Gasteiger partial charge in [-0.1, -0.05) is 12.1 Å². The van der Waals surface area contributed by atoms with Crippen molar-refractivity contribution in [2.75, 3.05) is 17.7 Å². The highest BCUT2D eigenvalue weighted by Gasteiger charge is 2.22. The molecular weight excluding hydrogens is 227 g/mol. The Morgan fingerprint density at radius 1 is 1.41 bits per heavy atom. The van der Waals surface area contributed by atoms with Crippen molar-refractivity contribution in [3.8, 4) is 0 Å². The van der Waals surface area contributed by atoms with E-state index in [9.17, 15) is 9.18 Å². The zero-order valence-electron chi connectivity index (χ0n) is 8.92. The molecule has 1 heterocycles. The molecule has 0 fully saturated rings. The van der Waals surface area contributed by atoms with Crippen LogP contribution < -0.4 is 10.6 Å². The molecule has 1 amide bonds. The number of nitrogens with two attached hydrogens (primary N) is 1. The van der Waals surface area contributed by atoms with Crippen LogP contribution in [0.4, 0.5) is 15.9 Å². The third-order valence-electron chi connectivity index (χ3n) is 2.23. The van der Waals surface area contributed by atoms with Gasteiger partial charge in [0.1, 0.15) is 5.82 Å². The molecule has 0 spiro atoms. The van der Waals surface area contributed by atoms with Gasteiger partial charge in [-0.05, 0) is 22.4 Å². The first-order valence-corrected chi connectivity index (χ1v) is 4.72. The fourth-order valence-electron chi connectivity index (χ4n) is 1.34. The predicted octanol–water partition coefficient (Wildman–Crippen LogP) is 1.07. The maximum Gasteiger partial charge on any atom is 0.284 e. The Morgan fingerprint density at radius 3 is 2.71 bits per heavy atom. The number of para-hydroxylation sites is 1. The number of benzene rings is 1. The van der Waals surface area contributed by atoms with Gasteiger partial charge in [-0.25, -0.2) is 9.02 Å². The molecule has 1 aromatic carbocycles. The minimum absolute atomic E-state index is 0.125. The van der Waals surface area contributed by atoms with E-state index in [2.05, 4.69) is 14.9 Å². The van der Waals surface area contributed by atoms with Gasteiger partial charge in [0.2, 0.25) is 11.5 Å². The van der Waals surface area contributed by atoms with Crippen LogP contribution in [-0.4, -0.2) is 23.3 Å². The smallest absolute Gasteiger partial charge is 0.284 e. The van der Waals surface area contributed by atoms with Crippen LogP contribution in [0.25, 0.3) is 0 Å². The number of carbonyl (C=O) groups excluding carboxylic acids is 1. The highest BCUT2D eigenvalue weighted by atomic mass is 19.1. The van der Waals surface area contributed by atoms with Crippen LogP contribution in [0.15, 0.2) is 28.9 Å². The van der Waals surface area contributed by atoms with Crippen molar-refractivity contribution in [3.63, 3.8) is 0 Å². The third-order valence-corrected chi connectivity index (χ3v) is 2.23. The van der Waals surface area contributed by atoms with E-state index in [0.717, 1.165) is 4.90 Å². The van der Waals surface area contributed by atoms with Crippen molar-refractivity contribution in [1.29, 1.82) is 0 Å². The first-order chi connectivity index (χ1) is 8.11. The molecule has 0 atom stereocenters. The first-order valence-electron chi connectivity index (χ1n) is 4.72. The first kappa shape index (κ1) is 11.1. The second kappa shape index (κ2) is 4.20. The quantitative estimate of drug-likeness (QED) is 0.842. The minimum Gasteiger partial charge on any atom is -0.379 e. The normalized spacial score (nSPS) is 10.2. The van der Waals surface area contributed by atoms with E-state index in [-0.39, 0.29) is 17.2 Å². The highest BCUT2D eigenvalue weighted by molar-refractivity contribution is 6.06. The van der Waals surface area contributed by atoms with E-state index in [4.69, 9.17) is 5.73 Å². The largest absolute Gasteiger partial charge is 0.379 e. The number of carbonyl (C=O) groups is 1. The summed E-state index contributed by atoms with van der Waals surface area (Å²) >= 11 is 0. The van der Waals surface area contributed by atoms with Crippen LogP contribution in [0.1, 0.15) is 10.5 Å². The van der Waals surface area contributed by atoms with E-state index in [0.29, 0.717) is 0 Å². The molecule has 0 aliphatic rings. The second-order valence-electron chi connectivity index (χ2n) is 3.31. The Hall–Kier alpha value is -2.44. The Morgan fingerprint density at radius 2 is 2.12 bits per heavy atom. The number of anilines is 2. The van der Waals surface area contributed by atoms with Gasteiger partial charge < -0.3 is 10.6 Å². The van der Waals surface area contributed by atoms with E-state index < -0.39 is 11.7 Å². The molecule has 17 heavy (non-hydrogen) atoms. The molecule has 0 saturated carbocycles. The fraction of sp³-hybridized carbons (Fsp3) is 0.100. The molecule has 2 rings (SSSR count). The van der Waals surface area contributed by atoms with E-state index in [1.807, 2.05) is 0 Å². The van der Waals surface area contributed by atoms with Gasteiger partial charge in [0.05, 0.1) is 5.69 Å². The molecular formula is C10H9FN4O2. The molecule has 88 valence electrons. The SMILES string of the molecule is CN(C(=O)c1nonc1N)c1ccccc1F. The van der Waals surface area contributed by atoms with E-state index in [1.165, 1.54) is 25.2 Å². The van der Waals surface area contributed by atoms with Gasteiger partial charge in [-0.3, -0.25) is 4.79 Å². The topological polar surface area (TPSA) is 85.2 Å². The summed E-state index contributed by atoms with van der Waals surface area (Å²) in [5, 5.41) is 6.65. The van der Waals surface area contributed by atoms with Crippen LogP contribution in [0.5, 0.6) is 0 Å². The zero-order chi connectivity index (χ0) is 12.4. The van der Waals surface area contributed by atoms with Crippen LogP contribution in [0.3, 0.4) is 0 Å². The average Bonchev–Trinajstić information content (AvgIpc) is 2.74. The fourth-order valence-corrected chi connectivity index (χ4v) is 1.34. The molecule has 6 nitrogen and oxygen atoms in total. The van der Waals surface area contributed by atoms with Crippen molar-refractivity contribution in [3.05, 3.63) is 35.8 Å². The number of halogens is 1. The monoisotopic (exact) mass is 236 g/mol. The Bertz CT molecular complexity index is 555. The van der Waals surface area contributed by atoms with Crippen molar-refractivity contribution in [2.45, 2.75) is 0 Å². The Labute approximate surface area is 95.8 Å². The summed E-state index contributed by atoms with van der Waals surface area (Å²) < 4.78 is 17.8. The molecule has 0 bridgehead atoms. The molecule has 0 radical (unpaired) electrons. The van der Waals surface area contributed by atoms with Gasteiger partial charge in [0.25, 0.3) is 5.91 Å². The van der Waals surface area contributed by atoms with Crippen LogP contribution in [0.2, 0.25) is 0 Å². The van der Waals surface area contributed by atoms with Gasteiger partial charge in [0, 0.05) is 7.05 Å². The highest BCUT2D eigenvalue weighted by Crippen LogP contribution is 2.19. The van der Waals surface area contributed by atoms with Gasteiger partial charge in [-0.15, -0.1) is 0 Å². The van der Waals surface area contributed by atoms with Crippen molar-refractivity contribution in [1.82, 2.24) is 10.3 Å². The van der Waals surface area contributed by atoms with Crippen molar-refractivity contribution >= 4 is 17.4 Å². The van der Waals surface area contributed by atoms with Gasteiger partial charge in [-0.2, -0.15) is 0 Å². The van der Waals surface area contributed by atoms with Gasteiger partial charge >= 0.3 is 0 Å². The molecule has 0 aliphatic carbocycles. The summed E-state index contributed by atoms with van der Waals surface area (Å²) in [5.74, 6) is -1.23. The number of amides is 1. The number of hydrogen-bond acceptors (Lipinski definition) is 5. The predicted molar refractivity (Wildman–Crippen MR) is 57.8 cm³/mol. The van der Waals surface area contributed by atoms with Crippen LogP contribution in [0, 0.1) is 5.82 Å². The number of rotatable bonds is 2. The lowest BCUT2D eigenvalue weighted by atomic mass is 10.2. The summed E-state index contributed by atoms with van der Waals surface area (Å²) in [7, 11) is 1.41. The summed E-state index contributed by atoms with van der Waals surface area (Å²) in [4.78, 5) is 13.0. The lowest BCUT2D eigenvalue weighted by Gasteiger charge is -2.16.